The minimum atomic E-state index is -0.264. The smallest absolute Gasteiger partial charge is 0.165 e. The third-order valence-corrected chi connectivity index (χ3v) is 4.42. The molecule has 0 aliphatic heterocycles. The van der Waals surface area contributed by atoms with Gasteiger partial charge in [-0.15, -0.1) is 0 Å². The van der Waals surface area contributed by atoms with Crippen molar-refractivity contribution >= 4 is 0 Å². The summed E-state index contributed by atoms with van der Waals surface area (Å²) >= 11 is 0. The van der Waals surface area contributed by atoms with Gasteiger partial charge in [0.2, 0.25) is 0 Å². The largest absolute Gasteiger partial charge is 0.490 e. The first-order chi connectivity index (χ1) is 12.5. The first-order valence-corrected chi connectivity index (χ1v) is 10.1. The molecule has 4 heteroatoms. The Labute approximate surface area is 161 Å². The molecule has 154 valence electrons. The molecule has 1 fully saturated rings. The second-order valence-corrected chi connectivity index (χ2v) is 7.23. The van der Waals surface area contributed by atoms with Gasteiger partial charge in [-0.1, -0.05) is 53.0 Å². The second kappa shape index (κ2) is 15.0. The van der Waals surface area contributed by atoms with Crippen LogP contribution in [0.1, 0.15) is 79.3 Å². The van der Waals surface area contributed by atoms with Gasteiger partial charge in [0, 0.05) is 14.6 Å². The molecule has 0 heterocycles. The van der Waals surface area contributed by atoms with E-state index in [0.717, 1.165) is 25.0 Å². The highest BCUT2D eigenvalue weighted by Gasteiger charge is 2.22. The van der Waals surface area contributed by atoms with Gasteiger partial charge in [0.25, 0.3) is 0 Å². The van der Waals surface area contributed by atoms with Gasteiger partial charge in [-0.3, -0.25) is 0 Å². The summed E-state index contributed by atoms with van der Waals surface area (Å²) in [7, 11) is 2.92. The Morgan fingerprint density at radius 1 is 1.27 bits per heavy atom. The number of rotatable bonds is 9. The Balaban J connectivity index is 0. The minimum Gasteiger partial charge on any atom is -0.490 e. The lowest BCUT2D eigenvalue weighted by molar-refractivity contribution is 0.284. The maximum absolute atomic E-state index is 13.6. The van der Waals surface area contributed by atoms with Crippen LogP contribution in [-0.2, 0) is 0 Å². The molecule has 3 nitrogen and oxygen atoms in total. The lowest BCUT2D eigenvalue weighted by Crippen LogP contribution is -2.15. The number of unbranched alkanes of at least 4 members (excludes halogenated alkanes) is 1. The van der Waals surface area contributed by atoms with Crippen molar-refractivity contribution < 1.29 is 15.7 Å². The van der Waals surface area contributed by atoms with Crippen molar-refractivity contribution in [3.8, 4) is 5.75 Å². The summed E-state index contributed by atoms with van der Waals surface area (Å²) in [5, 5.41) is 10.2. The molecule has 2 N–H and O–H groups in total. The number of ether oxygens (including phenoxy) is 1. The molecule has 0 unspecified atom stereocenters. The molecule has 1 aromatic rings. The molecular formula is C22H42FNO2. The highest BCUT2D eigenvalue weighted by molar-refractivity contribution is 5.32. The van der Waals surface area contributed by atoms with E-state index in [1.165, 1.54) is 38.2 Å². The standard InChI is InChI=1S/C14H20FNO.C7H16.CH4O.H2/c1-3-13(16-2)11-6-7-12(15)14(8-11)17-9-10-4-5-10;1-4-5-6-7(2)3;1-2;/h6-8,10,13,16H,3-5,9H2,1-2H3;7H,4-6H2,1-3H3;2H,1H3;1H/t13-;;;/m1.../s1. The van der Waals surface area contributed by atoms with Crippen LogP contribution in [0.2, 0.25) is 0 Å². The molecule has 0 radical (unpaired) electrons. The van der Waals surface area contributed by atoms with E-state index in [1.54, 1.807) is 0 Å². The molecule has 0 bridgehead atoms. The third-order valence-electron chi connectivity index (χ3n) is 4.42. The van der Waals surface area contributed by atoms with Crippen molar-refractivity contribution in [3.05, 3.63) is 29.6 Å². The summed E-state index contributed by atoms with van der Waals surface area (Å²) in [6.45, 7) is 9.54. The quantitative estimate of drug-likeness (QED) is 0.562. The van der Waals surface area contributed by atoms with E-state index in [0.29, 0.717) is 18.3 Å². The molecule has 0 spiro atoms. The third kappa shape index (κ3) is 10.8. The van der Waals surface area contributed by atoms with E-state index in [1.807, 2.05) is 19.2 Å². The van der Waals surface area contributed by atoms with E-state index in [9.17, 15) is 4.39 Å². The Kier molecular flexibility index (Phi) is 14.3. The number of halogens is 1. The Morgan fingerprint density at radius 3 is 2.35 bits per heavy atom. The number of aliphatic hydroxyl groups is 1. The maximum Gasteiger partial charge on any atom is 0.165 e. The molecule has 0 amide bonds. The second-order valence-electron chi connectivity index (χ2n) is 7.23. The van der Waals surface area contributed by atoms with Crippen LogP contribution in [0.5, 0.6) is 5.75 Å². The fourth-order valence-corrected chi connectivity index (χ4v) is 2.56. The van der Waals surface area contributed by atoms with Crippen molar-refractivity contribution in [1.29, 1.82) is 0 Å². The maximum atomic E-state index is 13.6. The van der Waals surface area contributed by atoms with Crippen LogP contribution >= 0.6 is 0 Å². The van der Waals surface area contributed by atoms with Gasteiger partial charge < -0.3 is 15.2 Å². The number of aliphatic hydroxyl groups excluding tert-OH is 1. The van der Waals surface area contributed by atoms with Gasteiger partial charge in [-0.05, 0) is 55.8 Å². The van der Waals surface area contributed by atoms with Gasteiger partial charge in [-0.25, -0.2) is 4.39 Å². The summed E-state index contributed by atoms with van der Waals surface area (Å²) in [6.07, 6.45) is 7.56. The molecule has 1 aliphatic carbocycles. The van der Waals surface area contributed by atoms with Crippen LogP contribution in [-0.4, -0.2) is 25.9 Å². The fourth-order valence-electron chi connectivity index (χ4n) is 2.56. The zero-order valence-corrected chi connectivity index (χ0v) is 17.6. The van der Waals surface area contributed by atoms with Crippen molar-refractivity contribution in [2.45, 2.75) is 72.3 Å². The zero-order valence-electron chi connectivity index (χ0n) is 17.6. The summed E-state index contributed by atoms with van der Waals surface area (Å²) in [5.74, 6) is 1.67. The number of nitrogens with one attached hydrogen (secondary N) is 1. The summed E-state index contributed by atoms with van der Waals surface area (Å²) < 4.78 is 19.1. The van der Waals surface area contributed by atoms with Crippen molar-refractivity contribution in [2.75, 3.05) is 20.8 Å². The number of hydrogen-bond acceptors (Lipinski definition) is 3. The molecule has 26 heavy (non-hydrogen) atoms. The Morgan fingerprint density at radius 2 is 1.92 bits per heavy atom. The lowest BCUT2D eigenvalue weighted by atomic mass is 10.0. The van der Waals surface area contributed by atoms with E-state index in [-0.39, 0.29) is 13.3 Å². The normalized spacial score (nSPS) is 14.0. The van der Waals surface area contributed by atoms with Crippen LogP contribution < -0.4 is 10.1 Å². The minimum absolute atomic E-state index is 0. The van der Waals surface area contributed by atoms with Gasteiger partial charge in [0.15, 0.2) is 11.6 Å². The lowest BCUT2D eigenvalue weighted by Gasteiger charge is -2.16. The average molecular weight is 372 g/mol. The van der Waals surface area contributed by atoms with Gasteiger partial charge in [-0.2, -0.15) is 0 Å². The highest BCUT2D eigenvalue weighted by atomic mass is 19.1. The number of benzene rings is 1. The Bertz CT molecular complexity index is 464. The van der Waals surface area contributed by atoms with E-state index in [2.05, 4.69) is 33.0 Å². The molecular weight excluding hydrogens is 329 g/mol. The summed E-state index contributed by atoms with van der Waals surface area (Å²) in [4.78, 5) is 0. The predicted octanol–water partition coefficient (Wildman–Crippen LogP) is 5.97. The van der Waals surface area contributed by atoms with E-state index >= 15 is 0 Å². The van der Waals surface area contributed by atoms with Crippen molar-refractivity contribution in [3.63, 3.8) is 0 Å². The topological polar surface area (TPSA) is 41.5 Å². The summed E-state index contributed by atoms with van der Waals surface area (Å²) in [6, 6.07) is 5.41. The van der Waals surface area contributed by atoms with Crippen LogP contribution in [0.4, 0.5) is 4.39 Å². The zero-order chi connectivity index (χ0) is 19.9. The molecule has 1 aromatic carbocycles. The van der Waals surface area contributed by atoms with Gasteiger partial charge in [0.05, 0.1) is 6.61 Å². The number of hydrogen-bond donors (Lipinski definition) is 2. The van der Waals surface area contributed by atoms with Crippen molar-refractivity contribution in [2.24, 2.45) is 11.8 Å². The monoisotopic (exact) mass is 371 g/mol. The van der Waals surface area contributed by atoms with Gasteiger partial charge >= 0.3 is 0 Å². The van der Waals surface area contributed by atoms with E-state index in [4.69, 9.17) is 9.84 Å². The van der Waals surface area contributed by atoms with Crippen LogP contribution in [0.15, 0.2) is 18.2 Å². The molecule has 0 aromatic heterocycles. The van der Waals surface area contributed by atoms with Crippen LogP contribution in [0.25, 0.3) is 0 Å². The first-order valence-electron chi connectivity index (χ1n) is 10.1. The van der Waals surface area contributed by atoms with Gasteiger partial charge in [0.1, 0.15) is 0 Å². The van der Waals surface area contributed by atoms with Crippen LogP contribution in [0, 0.1) is 17.7 Å². The Hall–Kier alpha value is -1.13. The van der Waals surface area contributed by atoms with Crippen LogP contribution in [0.3, 0.4) is 0 Å². The highest BCUT2D eigenvalue weighted by Crippen LogP contribution is 2.31. The fraction of sp³-hybridized carbons (Fsp3) is 0.727. The summed E-state index contributed by atoms with van der Waals surface area (Å²) in [5.41, 5.74) is 1.09. The van der Waals surface area contributed by atoms with E-state index < -0.39 is 0 Å². The molecule has 1 aliphatic rings. The molecule has 0 saturated heterocycles. The molecule has 2 rings (SSSR count). The van der Waals surface area contributed by atoms with Crippen molar-refractivity contribution in [1.82, 2.24) is 5.32 Å². The first kappa shape index (κ1) is 24.9. The SMILES string of the molecule is CCCCC(C)C.CC[C@@H](NC)c1ccc(F)c(OCC2CC2)c1.CO.[HH]. The average Bonchev–Trinajstić information content (AvgIpc) is 3.48. The predicted molar refractivity (Wildman–Crippen MR) is 111 cm³/mol. The molecule has 1 saturated carbocycles. The molecule has 1 atom stereocenters.